The van der Waals surface area contributed by atoms with Crippen molar-refractivity contribution < 1.29 is 9.53 Å². The molecule has 0 atom stereocenters. The Morgan fingerprint density at radius 2 is 2.31 bits per heavy atom. The second-order valence-corrected chi connectivity index (χ2v) is 3.59. The second-order valence-electron chi connectivity index (χ2n) is 2.74. The molecule has 2 nitrogen and oxygen atoms in total. The van der Waals surface area contributed by atoms with E-state index >= 15 is 0 Å². The number of aldehydes is 1. The van der Waals surface area contributed by atoms with E-state index in [1.807, 2.05) is 25.1 Å². The Hall–Kier alpha value is -0.830. The molecule has 0 aliphatic rings. The molecule has 1 rings (SSSR count). The first kappa shape index (κ1) is 10.3. The molecule has 0 N–H and O–H groups in total. The molecular formula is C10H11BrO2. The molecule has 0 fully saturated rings. The highest BCUT2D eigenvalue weighted by Gasteiger charge is 1.99. The third-order valence-corrected chi connectivity index (χ3v) is 2.20. The van der Waals surface area contributed by atoms with Gasteiger partial charge in [0.2, 0.25) is 0 Å². The monoisotopic (exact) mass is 242 g/mol. The van der Waals surface area contributed by atoms with Crippen LogP contribution in [0.4, 0.5) is 0 Å². The molecule has 0 bridgehead atoms. The zero-order valence-corrected chi connectivity index (χ0v) is 9.00. The summed E-state index contributed by atoms with van der Waals surface area (Å²) >= 11 is 3.39. The van der Waals surface area contributed by atoms with Crippen LogP contribution in [0.2, 0.25) is 0 Å². The summed E-state index contributed by atoms with van der Waals surface area (Å²) in [5, 5.41) is 0. The van der Waals surface area contributed by atoms with E-state index in [0.29, 0.717) is 13.0 Å². The molecule has 13 heavy (non-hydrogen) atoms. The molecule has 1 aromatic carbocycles. The minimum Gasteiger partial charge on any atom is -0.492 e. The quantitative estimate of drug-likeness (QED) is 0.600. The first-order chi connectivity index (χ1) is 6.24. The van der Waals surface area contributed by atoms with Crippen molar-refractivity contribution in [2.75, 3.05) is 6.61 Å². The predicted octanol–water partition coefficient (Wildman–Crippen LogP) is 2.73. The summed E-state index contributed by atoms with van der Waals surface area (Å²) in [5.74, 6) is 0.785. The molecule has 0 aliphatic heterocycles. The molecular weight excluding hydrogens is 232 g/mol. The maximum absolute atomic E-state index is 10.0. The first-order valence-corrected chi connectivity index (χ1v) is 4.86. The summed E-state index contributed by atoms with van der Waals surface area (Å²) in [6, 6.07) is 5.85. The van der Waals surface area contributed by atoms with Crippen LogP contribution < -0.4 is 4.74 Å². The fraction of sp³-hybridized carbons (Fsp3) is 0.300. The van der Waals surface area contributed by atoms with Crippen LogP contribution in [-0.2, 0) is 4.79 Å². The van der Waals surface area contributed by atoms with Crippen LogP contribution in [0, 0.1) is 6.92 Å². The Kier molecular flexibility index (Phi) is 3.96. The normalized spacial score (nSPS) is 9.69. The van der Waals surface area contributed by atoms with Gasteiger partial charge >= 0.3 is 0 Å². The Morgan fingerprint density at radius 3 is 2.92 bits per heavy atom. The van der Waals surface area contributed by atoms with Crippen LogP contribution in [0.3, 0.4) is 0 Å². The minimum absolute atomic E-state index is 0.431. The van der Waals surface area contributed by atoms with E-state index in [1.165, 1.54) is 5.56 Å². The Morgan fingerprint density at radius 1 is 1.54 bits per heavy atom. The molecule has 0 aliphatic carbocycles. The highest BCUT2D eigenvalue weighted by atomic mass is 79.9. The number of halogens is 1. The van der Waals surface area contributed by atoms with E-state index < -0.39 is 0 Å². The van der Waals surface area contributed by atoms with Crippen molar-refractivity contribution in [3.63, 3.8) is 0 Å². The molecule has 0 heterocycles. The number of hydrogen-bond acceptors (Lipinski definition) is 2. The number of rotatable bonds is 4. The lowest BCUT2D eigenvalue weighted by atomic mass is 10.2. The molecule has 0 aromatic heterocycles. The van der Waals surface area contributed by atoms with Gasteiger partial charge in [-0.15, -0.1) is 0 Å². The maximum atomic E-state index is 10.0. The lowest BCUT2D eigenvalue weighted by Crippen LogP contribution is -1.98. The van der Waals surface area contributed by atoms with Gasteiger partial charge in [0.1, 0.15) is 12.0 Å². The van der Waals surface area contributed by atoms with Crippen molar-refractivity contribution in [3.8, 4) is 5.75 Å². The number of carbonyl (C=O) groups is 1. The Bertz CT molecular complexity index is 297. The lowest BCUT2D eigenvalue weighted by Gasteiger charge is -2.06. The minimum atomic E-state index is 0.431. The topological polar surface area (TPSA) is 26.3 Å². The summed E-state index contributed by atoms with van der Waals surface area (Å²) in [6.45, 7) is 2.45. The van der Waals surface area contributed by atoms with Crippen molar-refractivity contribution in [2.45, 2.75) is 13.3 Å². The predicted molar refractivity (Wildman–Crippen MR) is 55.1 cm³/mol. The summed E-state index contributed by atoms with van der Waals surface area (Å²) in [7, 11) is 0. The number of benzene rings is 1. The van der Waals surface area contributed by atoms with E-state index in [-0.39, 0.29) is 0 Å². The average molecular weight is 243 g/mol. The smallest absolute Gasteiger partial charge is 0.133 e. The SMILES string of the molecule is Cc1ccc(OCCC=O)c(Br)c1. The van der Waals surface area contributed by atoms with Gasteiger partial charge in [-0.25, -0.2) is 0 Å². The molecule has 1 aromatic rings. The van der Waals surface area contributed by atoms with E-state index in [1.54, 1.807) is 0 Å². The maximum Gasteiger partial charge on any atom is 0.133 e. The van der Waals surface area contributed by atoms with Gasteiger partial charge in [0.15, 0.2) is 0 Å². The molecule has 0 unspecified atom stereocenters. The lowest BCUT2D eigenvalue weighted by molar-refractivity contribution is -0.108. The highest BCUT2D eigenvalue weighted by molar-refractivity contribution is 9.10. The van der Waals surface area contributed by atoms with Crippen LogP contribution >= 0.6 is 15.9 Å². The summed E-state index contributed by atoms with van der Waals surface area (Å²) < 4.78 is 6.28. The largest absolute Gasteiger partial charge is 0.492 e. The van der Waals surface area contributed by atoms with Crippen molar-refractivity contribution >= 4 is 22.2 Å². The molecule has 0 saturated carbocycles. The zero-order chi connectivity index (χ0) is 9.68. The Balaban J connectivity index is 2.61. The number of aryl methyl sites for hydroxylation is 1. The van der Waals surface area contributed by atoms with Crippen molar-refractivity contribution in [1.29, 1.82) is 0 Å². The van der Waals surface area contributed by atoms with Crippen LogP contribution in [0.15, 0.2) is 22.7 Å². The number of hydrogen-bond donors (Lipinski definition) is 0. The molecule has 0 radical (unpaired) electrons. The zero-order valence-electron chi connectivity index (χ0n) is 7.42. The van der Waals surface area contributed by atoms with Gasteiger partial charge in [0.25, 0.3) is 0 Å². The van der Waals surface area contributed by atoms with Gasteiger partial charge in [0.05, 0.1) is 11.1 Å². The van der Waals surface area contributed by atoms with E-state index in [9.17, 15) is 4.79 Å². The van der Waals surface area contributed by atoms with Crippen LogP contribution in [0.25, 0.3) is 0 Å². The van der Waals surface area contributed by atoms with Gasteiger partial charge in [-0.05, 0) is 40.5 Å². The standard InChI is InChI=1S/C10H11BrO2/c1-8-3-4-10(9(11)7-8)13-6-2-5-12/h3-5,7H,2,6H2,1H3. The van der Waals surface area contributed by atoms with E-state index in [4.69, 9.17) is 4.74 Å². The number of carbonyl (C=O) groups excluding carboxylic acids is 1. The van der Waals surface area contributed by atoms with Gasteiger partial charge in [-0.3, -0.25) is 0 Å². The van der Waals surface area contributed by atoms with Crippen molar-refractivity contribution in [1.82, 2.24) is 0 Å². The van der Waals surface area contributed by atoms with E-state index in [0.717, 1.165) is 16.5 Å². The third-order valence-electron chi connectivity index (χ3n) is 1.58. The summed E-state index contributed by atoms with van der Waals surface area (Å²) in [4.78, 5) is 10.0. The van der Waals surface area contributed by atoms with Gasteiger partial charge in [0, 0.05) is 6.42 Å². The molecule has 0 saturated heterocycles. The summed E-state index contributed by atoms with van der Waals surface area (Å²) in [6.07, 6.45) is 1.28. The number of ether oxygens (including phenoxy) is 1. The highest BCUT2D eigenvalue weighted by Crippen LogP contribution is 2.25. The van der Waals surface area contributed by atoms with Crippen LogP contribution in [0.5, 0.6) is 5.75 Å². The molecule has 0 amide bonds. The average Bonchev–Trinajstić information content (AvgIpc) is 2.09. The van der Waals surface area contributed by atoms with Crippen LogP contribution in [0.1, 0.15) is 12.0 Å². The fourth-order valence-electron chi connectivity index (χ4n) is 0.940. The fourth-order valence-corrected chi connectivity index (χ4v) is 1.55. The second kappa shape index (κ2) is 5.02. The first-order valence-electron chi connectivity index (χ1n) is 4.06. The molecule has 70 valence electrons. The van der Waals surface area contributed by atoms with Crippen molar-refractivity contribution in [2.24, 2.45) is 0 Å². The van der Waals surface area contributed by atoms with Gasteiger partial charge in [-0.2, -0.15) is 0 Å². The van der Waals surface area contributed by atoms with Crippen molar-refractivity contribution in [3.05, 3.63) is 28.2 Å². The van der Waals surface area contributed by atoms with E-state index in [2.05, 4.69) is 15.9 Å². The van der Waals surface area contributed by atoms with Gasteiger partial charge < -0.3 is 9.53 Å². The van der Waals surface area contributed by atoms with Crippen LogP contribution in [-0.4, -0.2) is 12.9 Å². The Labute approximate surface area is 86.0 Å². The molecule has 3 heteroatoms. The summed E-state index contributed by atoms with van der Waals surface area (Å²) in [5.41, 5.74) is 1.18. The third kappa shape index (κ3) is 3.19. The molecule has 0 spiro atoms. The van der Waals surface area contributed by atoms with Gasteiger partial charge in [-0.1, -0.05) is 6.07 Å².